The van der Waals surface area contributed by atoms with Crippen LogP contribution in [0.3, 0.4) is 0 Å². The van der Waals surface area contributed by atoms with E-state index >= 15 is 0 Å². The Kier molecular flexibility index (Phi) is 5.89. The molecule has 126 valence electrons. The smallest absolute Gasteiger partial charge is 0.255 e. The minimum Gasteiger partial charge on any atom is -0.325 e. The summed E-state index contributed by atoms with van der Waals surface area (Å²) in [6, 6.07) is 10.5. The van der Waals surface area contributed by atoms with Crippen molar-refractivity contribution in [1.29, 1.82) is 0 Å². The lowest BCUT2D eigenvalue weighted by Crippen LogP contribution is -2.27. The summed E-state index contributed by atoms with van der Waals surface area (Å²) in [7, 11) is 3.59. The van der Waals surface area contributed by atoms with Gasteiger partial charge in [0, 0.05) is 16.9 Å². The summed E-state index contributed by atoms with van der Waals surface area (Å²) in [5.41, 5.74) is 1.31. The lowest BCUT2D eigenvalue weighted by atomic mass is 10.2. The van der Waals surface area contributed by atoms with Crippen LogP contribution in [-0.2, 0) is 4.79 Å². The van der Waals surface area contributed by atoms with Crippen LogP contribution in [0.5, 0.6) is 0 Å². The second-order valence-electron chi connectivity index (χ2n) is 5.45. The van der Waals surface area contributed by atoms with Gasteiger partial charge in [-0.3, -0.25) is 9.59 Å². The molecule has 0 saturated carbocycles. The molecule has 2 aromatic rings. The highest BCUT2D eigenvalue weighted by Gasteiger charge is 2.10. The molecule has 2 aromatic carbocycles. The van der Waals surface area contributed by atoms with Gasteiger partial charge in [0.05, 0.1) is 11.6 Å². The molecule has 0 heterocycles. The molecule has 7 heteroatoms. The monoisotopic (exact) mass is 349 g/mol. The van der Waals surface area contributed by atoms with Gasteiger partial charge in [0.1, 0.15) is 5.82 Å². The molecule has 0 fully saturated rings. The SMILES string of the molecule is CN(C)CC(=O)Nc1cccc(NC(=O)c2ccc(F)c(Cl)c2)c1. The molecular weight excluding hydrogens is 333 g/mol. The topological polar surface area (TPSA) is 61.4 Å². The van der Waals surface area contributed by atoms with Gasteiger partial charge in [0.25, 0.3) is 5.91 Å². The number of carbonyl (C=O) groups excluding carboxylic acids is 2. The molecule has 0 aliphatic rings. The van der Waals surface area contributed by atoms with E-state index in [0.29, 0.717) is 11.4 Å². The zero-order chi connectivity index (χ0) is 17.7. The van der Waals surface area contributed by atoms with Crippen molar-refractivity contribution >= 4 is 34.8 Å². The molecule has 0 bridgehead atoms. The van der Waals surface area contributed by atoms with Crippen molar-refractivity contribution in [2.45, 2.75) is 0 Å². The first-order chi connectivity index (χ1) is 11.3. The summed E-state index contributed by atoms with van der Waals surface area (Å²) in [6.45, 7) is 0.255. The largest absolute Gasteiger partial charge is 0.325 e. The van der Waals surface area contributed by atoms with Crippen molar-refractivity contribution in [3.05, 3.63) is 58.9 Å². The Morgan fingerprint density at radius 3 is 2.38 bits per heavy atom. The number of benzene rings is 2. The molecule has 0 spiro atoms. The van der Waals surface area contributed by atoms with Gasteiger partial charge in [-0.15, -0.1) is 0 Å². The Hall–Kier alpha value is -2.44. The quantitative estimate of drug-likeness (QED) is 0.871. The van der Waals surface area contributed by atoms with Gasteiger partial charge in [-0.1, -0.05) is 17.7 Å². The number of rotatable bonds is 5. The standard InChI is InChI=1S/C17H17ClFN3O2/c1-22(2)10-16(23)20-12-4-3-5-13(9-12)21-17(24)11-6-7-15(19)14(18)8-11/h3-9H,10H2,1-2H3,(H,20,23)(H,21,24). The van der Waals surface area contributed by atoms with E-state index in [2.05, 4.69) is 10.6 Å². The Morgan fingerprint density at radius 1 is 1.08 bits per heavy atom. The van der Waals surface area contributed by atoms with E-state index in [0.717, 1.165) is 6.07 Å². The predicted molar refractivity (Wildman–Crippen MR) is 93.0 cm³/mol. The average Bonchev–Trinajstić information content (AvgIpc) is 2.49. The number of likely N-dealkylation sites (N-methyl/N-ethyl adjacent to an activating group) is 1. The maximum absolute atomic E-state index is 13.1. The Balaban J connectivity index is 2.07. The molecule has 5 nitrogen and oxygen atoms in total. The van der Waals surface area contributed by atoms with E-state index < -0.39 is 11.7 Å². The molecule has 0 unspecified atom stereocenters. The van der Waals surface area contributed by atoms with Crippen molar-refractivity contribution in [2.75, 3.05) is 31.3 Å². The molecule has 0 aromatic heterocycles. The number of anilines is 2. The molecule has 0 aliphatic heterocycles. The van der Waals surface area contributed by atoms with Crippen LogP contribution in [0.4, 0.5) is 15.8 Å². The maximum Gasteiger partial charge on any atom is 0.255 e. The van der Waals surface area contributed by atoms with E-state index in [-0.39, 0.29) is 23.0 Å². The third kappa shape index (κ3) is 5.04. The third-order valence-corrected chi connectivity index (χ3v) is 3.34. The fourth-order valence-electron chi connectivity index (χ4n) is 2.00. The van der Waals surface area contributed by atoms with Crippen LogP contribution in [0, 0.1) is 5.82 Å². The summed E-state index contributed by atoms with van der Waals surface area (Å²) in [4.78, 5) is 25.7. The minimum atomic E-state index is -0.584. The summed E-state index contributed by atoms with van der Waals surface area (Å²) in [6.07, 6.45) is 0. The predicted octanol–water partition coefficient (Wildman–Crippen LogP) is 3.23. The van der Waals surface area contributed by atoms with Crippen molar-refractivity contribution in [3.8, 4) is 0 Å². The lowest BCUT2D eigenvalue weighted by molar-refractivity contribution is -0.116. The summed E-state index contributed by atoms with van der Waals surface area (Å²) in [5, 5.41) is 5.30. The average molecular weight is 350 g/mol. The Morgan fingerprint density at radius 2 is 1.75 bits per heavy atom. The first-order valence-corrected chi connectivity index (χ1v) is 7.54. The van der Waals surface area contributed by atoms with Crippen molar-refractivity contribution in [2.24, 2.45) is 0 Å². The summed E-state index contributed by atoms with van der Waals surface area (Å²) in [5.74, 6) is -1.17. The van der Waals surface area contributed by atoms with Gasteiger partial charge in [0.15, 0.2) is 0 Å². The number of hydrogen-bond acceptors (Lipinski definition) is 3. The van der Waals surface area contributed by atoms with Gasteiger partial charge < -0.3 is 15.5 Å². The van der Waals surface area contributed by atoms with E-state index in [1.807, 2.05) is 0 Å². The van der Waals surface area contributed by atoms with Gasteiger partial charge in [-0.05, 0) is 50.5 Å². The lowest BCUT2D eigenvalue weighted by Gasteiger charge is -2.11. The molecule has 0 atom stereocenters. The molecule has 0 radical (unpaired) electrons. The zero-order valence-electron chi connectivity index (χ0n) is 13.3. The first kappa shape index (κ1) is 17.9. The van der Waals surface area contributed by atoms with Gasteiger partial charge >= 0.3 is 0 Å². The number of hydrogen-bond donors (Lipinski definition) is 2. The van der Waals surface area contributed by atoms with Crippen molar-refractivity contribution in [3.63, 3.8) is 0 Å². The highest BCUT2D eigenvalue weighted by molar-refractivity contribution is 6.31. The second-order valence-corrected chi connectivity index (χ2v) is 5.86. The van der Waals surface area contributed by atoms with Crippen LogP contribution in [0.1, 0.15) is 10.4 Å². The molecule has 24 heavy (non-hydrogen) atoms. The van der Waals surface area contributed by atoms with Crippen molar-refractivity contribution in [1.82, 2.24) is 4.90 Å². The number of amides is 2. The van der Waals surface area contributed by atoms with Gasteiger partial charge in [-0.2, -0.15) is 0 Å². The van der Waals surface area contributed by atoms with Gasteiger partial charge in [0.2, 0.25) is 5.91 Å². The third-order valence-electron chi connectivity index (χ3n) is 3.05. The fraction of sp³-hybridized carbons (Fsp3) is 0.176. The highest BCUT2D eigenvalue weighted by Crippen LogP contribution is 2.19. The number of carbonyl (C=O) groups is 2. The first-order valence-electron chi connectivity index (χ1n) is 7.16. The Bertz CT molecular complexity index is 765. The Labute approximate surface area is 144 Å². The second kappa shape index (κ2) is 7.90. The molecule has 2 N–H and O–H groups in total. The molecule has 0 aliphatic carbocycles. The van der Waals surface area contributed by atoms with Crippen LogP contribution in [0.25, 0.3) is 0 Å². The van der Waals surface area contributed by atoms with E-state index in [4.69, 9.17) is 11.6 Å². The van der Waals surface area contributed by atoms with E-state index in [1.54, 1.807) is 43.3 Å². The number of nitrogens with zero attached hydrogens (tertiary/aromatic N) is 1. The molecular formula is C17H17ClFN3O2. The highest BCUT2D eigenvalue weighted by atomic mass is 35.5. The zero-order valence-corrected chi connectivity index (χ0v) is 14.0. The number of halogens is 2. The van der Waals surface area contributed by atoms with Crippen molar-refractivity contribution < 1.29 is 14.0 Å². The van der Waals surface area contributed by atoms with Crippen LogP contribution in [-0.4, -0.2) is 37.4 Å². The van der Waals surface area contributed by atoms with E-state index in [1.165, 1.54) is 12.1 Å². The summed E-state index contributed by atoms with van der Waals surface area (Å²) < 4.78 is 13.1. The van der Waals surface area contributed by atoms with Crippen LogP contribution in [0.15, 0.2) is 42.5 Å². The van der Waals surface area contributed by atoms with Crippen LogP contribution >= 0.6 is 11.6 Å². The fourth-order valence-corrected chi connectivity index (χ4v) is 2.18. The minimum absolute atomic E-state index is 0.118. The van der Waals surface area contributed by atoms with Gasteiger partial charge in [-0.25, -0.2) is 4.39 Å². The van der Waals surface area contributed by atoms with Crippen LogP contribution in [0.2, 0.25) is 5.02 Å². The maximum atomic E-state index is 13.1. The molecule has 2 amide bonds. The van der Waals surface area contributed by atoms with Crippen LogP contribution < -0.4 is 10.6 Å². The number of nitrogens with one attached hydrogen (secondary N) is 2. The summed E-state index contributed by atoms with van der Waals surface area (Å²) >= 11 is 5.68. The molecule has 0 saturated heterocycles. The van der Waals surface area contributed by atoms with E-state index in [9.17, 15) is 14.0 Å². The normalized spacial score (nSPS) is 10.5. The molecule has 2 rings (SSSR count).